The highest BCUT2D eigenvalue weighted by Crippen LogP contribution is 2.65. The van der Waals surface area contributed by atoms with Crippen LogP contribution >= 0.6 is 0 Å². The molecule has 3 aliphatic carbocycles. The molecule has 4 rings (SSSR count). The lowest BCUT2D eigenvalue weighted by Gasteiger charge is -2.59. The molecule has 0 radical (unpaired) electrons. The summed E-state index contributed by atoms with van der Waals surface area (Å²) in [5.41, 5.74) is -0.696. The average molecular weight is 346 g/mol. The molecule has 0 unspecified atom stereocenters. The molecule has 5 heteroatoms. The van der Waals surface area contributed by atoms with Gasteiger partial charge in [-0.25, -0.2) is 0 Å². The molecule has 0 saturated heterocycles. The molecule has 25 heavy (non-hydrogen) atoms. The van der Waals surface area contributed by atoms with Gasteiger partial charge in [-0.3, -0.25) is 9.59 Å². The molecule has 3 aliphatic rings. The van der Waals surface area contributed by atoms with E-state index in [-0.39, 0.29) is 23.7 Å². The van der Waals surface area contributed by atoms with E-state index in [1.165, 1.54) is 5.56 Å². The molecule has 6 atom stereocenters. The summed E-state index contributed by atoms with van der Waals surface area (Å²) in [5, 5.41) is 20.2. The number of carboxylic acid groups (broad SMARTS) is 2. The van der Waals surface area contributed by atoms with E-state index < -0.39 is 22.8 Å². The third-order valence-corrected chi connectivity index (χ3v) is 7.85. The van der Waals surface area contributed by atoms with E-state index in [0.717, 1.165) is 12.2 Å². The predicted molar refractivity (Wildman–Crippen MR) is 90.2 cm³/mol. The highest BCUT2D eigenvalue weighted by atomic mass is 16.4. The topological polar surface area (TPSA) is 87.7 Å². The van der Waals surface area contributed by atoms with E-state index in [4.69, 9.17) is 4.42 Å². The maximum Gasteiger partial charge on any atom is 0.310 e. The maximum atomic E-state index is 12.6. The zero-order valence-electron chi connectivity index (χ0n) is 14.8. The quantitative estimate of drug-likeness (QED) is 0.847. The first-order valence-electron chi connectivity index (χ1n) is 9.35. The lowest BCUT2D eigenvalue weighted by Crippen LogP contribution is -2.61. The van der Waals surface area contributed by atoms with Gasteiger partial charge >= 0.3 is 11.9 Å². The average Bonchev–Trinajstić information content (AvgIpc) is 3.03. The third-order valence-electron chi connectivity index (χ3n) is 7.85. The number of carbonyl (C=O) groups is 2. The molecule has 2 N–H and O–H groups in total. The van der Waals surface area contributed by atoms with Gasteiger partial charge in [0.15, 0.2) is 0 Å². The zero-order valence-corrected chi connectivity index (χ0v) is 14.8. The Bertz CT molecular complexity index is 721. The number of hydrogen-bond donors (Lipinski definition) is 2. The molecule has 0 bridgehead atoms. The zero-order chi connectivity index (χ0) is 18.0. The van der Waals surface area contributed by atoms with Gasteiger partial charge in [-0.05, 0) is 67.9 Å². The van der Waals surface area contributed by atoms with Gasteiger partial charge in [-0.2, -0.15) is 0 Å². The summed E-state index contributed by atoms with van der Waals surface area (Å²) in [7, 11) is 0. The van der Waals surface area contributed by atoms with E-state index in [1.807, 2.05) is 6.07 Å². The predicted octanol–water partition coefficient (Wildman–Crippen LogP) is 3.93. The van der Waals surface area contributed by atoms with Crippen LogP contribution in [-0.2, 0) is 16.0 Å². The van der Waals surface area contributed by atoms with Crippen LogP contribution in [0.25, 0.3) is 0 Å². The smallest absolute Gasteiger partial charge is 0.310 e. The molecule has 0 spiro atoms. The molecule has 2 fully saturated rings. The Hall–Kier alpha value is -1.78. The number of rotatable bonds is 2. The van der Waals surface area contributed by atoms with Gasteiger partial charge in [-0.1, -0.05) is 13.3 Å². The van der Waals surface area contributed by atoms with Crippen LogP contribution in [0.1, 0.15) is 63.2 Å². The second-order valence-electron chi connectivity index (χ2n) is 8.61. The van der Waals surface area contributed by atoms with Crippen molar-refractivity contribution in [3.63, 3.8) is 0 Å². The van der Waals surface area contributed by atoms with Crippen LogP contribution in [0, 0.1) is 28.6 Å². The summed E-state index contributed by atoms with van der Waals surface area (Å²) in [5.74, 6) is -0.551. The molecule has 1 aromatic rings. The van der Waals surface area contributed by atoms with E-state index in [9.17, 15) is 19.8 Å². The van der Waals surface area contributed by atoms with Crippen LogP contribution in [0.15, 0.2) is 16.7 Å². The number of furan rings is 1. The molecule has 5 nitrogen and oxygen atoms in total. The first kappa shape index (κ1) is 16.7. The molecular formula is C20H26O5. The Morgan fingerprint density at radius 2 is 1.96 bits per heavy atom. The monoisotopic (exact) mass is 346 g/mol. The SMILES string of the molecule is C[C@H]1c2ccoc2C[C@H]2[C@H]1CC[C@@H]1[C@]2(C(=O)O)CCC[C@]1(C)C(=O)O. The van der Waals surface area contributed by atoms with E-state index in [0.29, 0.717) is 32.1 Å². The first-order valence-corrected chi connectivity index (χ1v) is 9.35. The second-order valence-corrected chi connectivity index (χ2v) is 8.61. The summed E-state index contributed by atoms with van der Waals surface area (Å²) < 4.78 is 5.67. The van der Waals surface area contributed by atoms with Crippen LogP contribution < -0.4 is 0 Å². The van der Waals surface area contributed by atoms with Crippen molar-refractivity contribution in [3.8, 4) is 0 Å². The van der Waals surface area contributed by atoms with Crippen LogP contribution in [0.2, 0.25) is 0 Å². The van der Waals surface area contributed by atoms with Crippen molar-refractivity contribution >= 4 is 11.9 Å². The minimum atomic E-state index is -0.951. The van der Waals surface area contributed by atoms with Crippen molar-refractivity contribution < 1.29 is 24.2 Å². The Labute approximate surface area is 147 Å². The normalized spacial score (nSPS) is 42.8. The van der Waals surface area contributed by atoms with Crippen LogP contribution in [0.4, 0.5) is 0 Å². The van der Waals surface area contributed by atoms with Crippen LogP contribution in [-0.4, -0.2) is 22.2 Å². The van der Waals surface area contributed by atoms with Crippen molar-refractivity contribution in [1.82, 2.24) is 0 Å². The van der Waals surface area contributed by atoms with Crippen molar-refractivity contribution in [2.24, 2.45) is 28.6 Å². The second kappa shape index (κ2) is 5.36. The lowest BCUT2D eigenvalue weighted by atomic mass is 9.42. The van der Waals surface area contributed by atoms with Crippen molar-refractivity contribution in [3.05, 3.63) is 23.7 Å². The standard InChI is InChI=1S/C20H26O5/c1-11-12-4-5-16-19(2,17(21)22)7-3-8-20(16,18(23)24)14(12)10-15-13(11)6-9-25-15/h6,9,11-12,14,16H,3-5,7-8,10H2,1-2H3,(H,21,22)(H,23,24)/t11-,12+,14+,16+,19+,20+/m1/s1. The number of carboxylic acids is 2. The number of fused-ring (bicyclic) bond motifs is 4. The Morgan fingerprint density at radius 1 is 1.20 bits per heavy atom. The molecule has 1 heterocycles. The highest BCUT2D eigenvalue weighted by molar-refractivity contribution is 5.81. The van der Waals surface area contributed by atoms with Crippen molar-refractivity contribution in [1.29, 1.82) is 0 Å². The molecular weight excluding hydrogens is 320 g/mol. The van der Waals surface area contributed by atoms with Crippen LogP contribution in [0.3, 0.4) is 0 Å². The minimum absolute atomic E-state index is 0.0450. The van der Waals surface area contributed by atoms with Gasteiger partial charge in [-0.15, -0.1) is 0 Å². The van der Waals surface area contributed by atoms with E-state index >= 15 is 0 Å². The summed E-state index contributed by atoms with van der Waals surface area (Å²) in [6.45, 7) is 3.93. The van der Waals surface area contributed by atoms with Gasteiger partial charge in [0.1, 0.15) is 5.76 Å². The molecule has 1 aromatic heterocycles. The molecule has 0 aromatic carbocycles. The van der Waals surface area contributed by atoms with E-state index in [1.54, 1.807) is 13.2 Å². The molecule has 136 valence electrons. The van der Waals surface area contributed by atoms with Gasteiger partial charge < -0.3 is 14.6 Å². The fourth-order valence-corrected chi connectivity index (χ4v) is 6.58. The lowest BCUT2D eigenvalue weighted by molar-refractivity contribution is -0.191. The molecule has 2 saturated carbocycles. The highest BCUT2D eigenvalue weighted by Gasteiger charge is 2.66. The summed E-state index contributed by atoms with van der Waals surface area (Å²) in [6.07, 6.45) is 5.73. The fourth-order valence-electron chi connectivity index (χ4n) is 6.58. The Balaban J connectivity index is 1.84. The largest absolute Gasteiger partial charge is 0.481 e. The first-order chi connectivity index (χ1) is 11.8. The Kier molecular flexibility index (Phi) is 3.57. The third kappa shape index (κ3) is 2.01. The van der Waals surface area contributed by atoms with Crippen molar-refractivity contribution in [2.45, 2.75) is 58.3 Å². The van der Waals surface area contributed by atoms with Gasteiger partial charge in [0.2, 0.25) is 0 Å². The molecule has 0 amide bonds. The molecule has 0 aliphatic heterocycles. The number of aliphatic carboxylic acids is 2. The Morgan fingerprint density at radius 3 is 2.64 bits per heavy atom. The maximum absolute atomic E-state index is 12.6. The summed E-state index contributed by atoms with van der Waals surface area (Å²) in [4.78, 5) is 24.7. The fraction of sp³-hybridized carbons (Fsp3) is 0.700. The minimum Gasteiger partial charge on any atom is -0.481 e. The number of hydrogen-bond acceptors (Lipinski definition) is 3. The van der Waals surface area contributed by atoms with Gasteiger partial charge in [0.25, 0.3) is 0 Å². The summed E-state index contributed by atoms with van der Waals surface area (Å²) in [6, 6.07) is 2.01. The van der Waals surface area contributed by atoms with Crippen LogP contribution in [0.5, 0.6) is 0 Å². The van der Waals surface area contributed by atoms with Crippen molar-refractivity contribution in [2.75, 3.05) is 0 Å². The summed E-state index contributed by atoms with van der Waals surface area (Å²) >= 11 is 0. The van der Waals surface area contributed by atoms with Gasteiger partial charge in [0.05, 0.1) is 17.1 Å². The van der Waals surface area contributed by atoms with Gasteiger partial charge in [0, 0.05) is 6.42 Å². The van der Waals surface area contributed by atoms with E-state index in [2.05, 4.69) is 6.92 Å².